The summed E-state index contributed by atoms with van der Waals surface area (Å²) >= 11 is 9.68. The van der Waals surface area contributed by atoms with E-state index in [2.05, 4.69) is 52.0 Å². The summed E-state index contributed by atoms with van der Waals surface area (Å²) < 4.78 is 1.02. The lowest BCUT2D eigenvalue weighted by atomic mass is 10.2. The first-order valence-corrected chi connectivity index (χ1v) is 7.62. The van der Waals surface area contributed by atoms with Crippen LogP contribution in [0.3, 0.4) is 0 Å². The van der Waals surface area contributed by atoms with E-state index in [-0.39, 0.29) is 5.92 Å². The summed E-state index contributed by atoms with van der Waals surface area (Å²) in [7, 11) is 0. The van der Waals surface area contributed by atoms with Crippen LogP contribution in [-0.2, 0) is 0 Å². The van der Waals surface area contributed by atoms with Gasteiger partial charge in [-0.05, 0) is 31.5 Å². The lowest BCUT2D eigenvalue weighted by molar-refractivity contribution is 0.773. The van der Waals surface area contributed by atoms with E-state index >= 15 is 0 Å². The minimum atomic E-state index is 0.234. The monoisotopic (exact) mass is 353 g/mol. The zero-order valence-corrected chi connectivity index (χ0v) is 14.3. The van der Waals surface area contributed by atoms with Crippen LogP contribution < -0.4 is 5.32 Å². The van der Waals surface area contributed by atoms with Crippen LogP contribution in [0.1, 0.15) is 36.7 Å². The Bertz CT molecular complexity index is 641. The number of hydrogen-bond donors (Lipinski definition) is 1. The summed E-state index contributed by atoms with van der Waals surface area (Å²) in [6.45, 7) is 8.07. The number of nitrogens with one attached hydrogen (secondary N) is 1. The number of aryl methyl sites for hydroxylation is 1. The van der Waals surface area contributed by atoms with E-state index in [1.807, 2.05) is 25.1 Å². The maximum absolute atomic E-state index is 6.20. The van der Waals surface area contributed by atoms with E-state index in [0.29, 0.717) is 5.15 Å². The van der Waals surface area contributed by atoms with Crippen molar-refractivity contribution in [3.05, 3.63) is 44.8 Å². The first kappa shape index (κ1) is 15.3. The molecule has 1 heterocycles. The predicted octanol–water partition coefficient (Wildman–Crippen LogP) is 5.38. The number of hydrogen-bond acceptors (Lipinski definition) is 3. The summed E-state index contributed by atoms with van der Waals surface area (Å²) in [6, 6.07) is 6.09. The van der Waals surface area contributed by atoms with Gasteiger partial charge in [-0.2, -0.15) is 0 Å². The molecular formula is C15H17BrClN3. The number of halogens is 2. The Morgan fingerprint density at radius 3 is 2.55 bits per heavy atom. The van der Waals surface area contributed by atoms with Gasteiger partial charge in [-0.15, -0.1) is 0 Å². The van der Waals surface area contributed by atoms with Crippen LogP contribution in [0.5, 0.6) is 0 Å². The molecule has 0 atom stereocenters. The average Bonchev–Trinajstić information content (AvgIpc) is 2.38. The number of nitrogens with zero attached hydrogens (tertiary/aromatic N) is 2. The van der Waals surface area contributed by atoms with Gasteiger partial charge in [0, 0.05) is 21.6 Å². The fraction of sp³-hybridized carbons (Fsp3) is 0.333. The average molecular weight is 355 g/mol. The van der Waals surface area contributed by atoms with Crippen molar-refractivity contribution in [2.75, 3.05) is 5.32 Å². The van der Waals surface area contributed by atoms with Gasteiger partial charge in [-0.3, -0.25) is 0 Å². The van der Waals surface area contributed by atoms with Crippen LogP contribution in [-0.4, -0.2) is 9.97 Å². The highest BCUT2D eigenvalue weighted by molar-refractivity contribution is 9.10. The predicted molar refractivity (Wildman–Crippen MR) is 88.0 cm³/mol. The molecule has 0 unspecified atom stereocenters. The van der Waals surface area contributed by atoms with Crippen molar-refractivity contribution in [3.8, 4) is 0 Å². The Balaban J connectivity index is 2.45. The van der Waals surface area contributed by atoms with Gasteiger partial charge < -0.3 is 5.32 Å². The molecule has 1 N–H and O–H groups in total. The molecule has 0 aliphatic carbocycles. The molecule has 0 saturated carbocycles. The first-order valence-electron chi connectivity index (χ1n) is 6.45. The maximum Gasteiger partial charge on any atom is 0.138 e. The third-order valence-electron chi connectivity index (χ3n) is 3.07. The highest BCUT2D eigenvalue weighted by Gasteiger charge is 2.12. The van der Waals surface area contributed by atoms with Gasteiger partial charge >= 0.3 is 0 Å². The molecule has 2 aromatic rings. The van der Waals surface area contributed by atoms with Gasteiger partial charge in [0.15, 0.2) is 0 Å². The van der Waals surface area contributed by atoms with Crippen LogP contribution in [0.2, 0.25) is 5.15 Å². The topological polar surface area (TPSA) is 37.8 Å². The second-order valence-electron chi connectivity index (χ2n) is 5.09. The minimum absolute atomic E-state index is 0.234. The van der Waals surface area contributed by atoms with Crippen molar-refractivity contribution in [2.45, 2.75) is 33.6 Å². The van der Waals surface area contributed by atoms with E-state index in [1.54, 1.807) is 0 Å². The van der Waals surface area contributed by atoms with E-state index in [0.717, 1.165) is 32.9 Å². The molecule has 0 aliphatic heterocycles. The highest BCUT2D eigenvalue weighted by Crippen LogP contribution is 2.28. The Morgan fingerprint density at radius 1 is 1.20 bits per heavy atom. The van der Waals surface area contributed by atoms with Crippen LogP contribution in [0, 0.1) is 13.8 Å². The van der Waals surface area contributed by atoms with Crippen LogP contribution in [0.4, 0.5) is 11.5 Å². The molecule has 0 saturated heterocycles. The molecule has 0 bridgehead atoms. The van der Waals surface area contributed by atoms with E-state index < -0.39 is 0 Å². The van der Waals surface area contributed by atoms with E-state index in [9.17, 15) is 0 Å². The Labute approximate surface area is 132 Å². The Hall–Kier alpha value is -1.13. The highest BCUT2D eigenvalue weighted by atomic mass is 79.9. The van der Waals surface area contributed by atoms with Gasteiger partial charge in [0.05, 0.1) is 0 Å². The lowest BCUT2D eigenvalue weighted by Gasteiger charge is -2.14. The van der Waals surface area contributed by atoms with Crippen molar-refractivity contribution >= 4 is 39.0 Å². The van der Waals surface area contributed by atoms with Gasteiger partial charge in [0.1, 0.15) is 16.8 Å². The molecule has 5 heteroatoms. The zero-order valence-electron chi connectivity index (χ0n) is 12.0. The summed E-state index contributed by atoms with van der Waals surface area (Å²) in [5, 5.41) is 3.85. The normalized spacial score (nSPS) is 10.9. The largest absolute Gasteiger partial charge is 0.340 e. The molecule has 0 spiro atoms. The zero-order chi connectivity index (χ0) is 14.9. The van der Waals surface area contributed by atoms with Gasteiger partial charge in [0.2, 0.25) is 0 Å². The lowest BCUT2D eigenvalue weighted by Crippen LogP contribution is -2.05. The summed E-state index contributed by atoms with van der Waals surface area (Å²) in [5.74, 6) is 1.74. The van der Waals surface area contributed by atoms with Crippen molar-refractivity contribution in [3.63, 3.8) is 0 Å². The smallest absolute Gasteiger partial charge is 0.138 e. The standard InChI is InChI=1S/C15H17BrClN3/c1-8(2)14-19-13(17)10(4)15(20-14)18-12-7-11(16)6-5-9(12)3/h5-8H,1-4H3,(H,18,19,20). The molecule has 1 aromatic carbocycles. The molecule has 0 radical (unpaired) electrons. The molecule has 1 aromatic heterocycles. The molecule has 2 rings (SSSR count). The van der Waals surface area contributed by atoms with E-state index in [4.69, 9.17) is 11.6 Å². The van der Waals surface area contributed by atoms with Gasteiger partial charge in [-0.1, -0.05) is 47.4 Å². The van der Waals surface area contributed by atoms with Gasteiger partial charge in [-0.25, -0.2) is 9.97 Å². The second kappa shape index (κ2) is 6.10. The van der Waals surface area contributed by atoms with Crippen molar-refractivity contribution < 1.29 is 0 Å². The summed E-state index contributed by atoms with van der Waals surface area (Å²) in [5.41, 5.74) is 3.01. The third-order valence-corrected chi connectivity index (χ3v) is 3.93. The molecule has 0 fully saturated rings. The van der Waals surface area contributed by atoms with Crippen LogP contribution >= 0.6 is 27.5 Å². The Kier molecular flexibility index (Phi) is 4.66. The summed E-state index contributed by atoms with van der Waals surface area (Å²) in [6.07, 6.45) is 0. The van der Waals surface area contributed by atoms with Crippen molar-refractivity contribution in [1.82, 2.24) is 9.97 Å². The number of rotatable bonds is 3. The fourth-order valence-electron chi connectivity index (χ4n) is 1.74. The van der Waals surface area contributed by atoms with Crippen LogP contribution in [0.25, 0.3) is 0 Å². The first-order chi connectivity index (χ1) is 9.38. The van der Waals surface area contributed by atoms with E-state index in [1.165, 1.54) is 0 Å². The van der Waals surface area contributed by atoms with Crippen molar-refractivity contribution in [2.24, 2.45) is 0 Å². The fourth-order valence-corrected chi connectivity index (χ4v) is 2.28. The second-order valence-corrected chi connectivity index (χ2v) is 6.36. The molecule has 3 nitrogen and oxygen atoms in total. The van der Waals surface area contributed by atoms with Crippen molar-refractivity contribution in [1.29, 1.82) is 0 Å². The molecule has 106 valence electrons. The molecule has 20 heavy (non-hydrogen) atoms. The molecular weight excluding hydrogens is 338 g/mol. The maximum atomic E-state index is 6.20. The van der Waals surface area contributed by atoms with Gasteiger partial charge in [0.25, 0.3) is 0 Å². The third kappa shape index (κ3) is 3.30. The number of anilines is 2. The number of aromatic nitrogens is 2. The Morgan fingerprint density at radius 2 is 1.90 bits per heavy atom. The quantitative estimate of drug-likeness (QED) is 0.752. The minimum Gasteiger partial charge on any atom is -0.340 e. The van der Waals surface area contributed by atoms with Crippen LogP contribution in [0.15, 0.2) is 22.7 Å². The molecule has 0 aliphatic rings. The molecule has 0 amide bonds. The SMILES string of the molecule is Cc1ccc(Br)cc1Nc1nc(C(C)C)nc(Cl)c1C. The number of benzene rings is 1. The summed E-state index contributed by atoms with van der Waals surface area (Å²) in [4.78, 5) is 8.90.